The number of Topliss-reactive ketones (excluding diaryl/α,β-unsaturated/α-hetero) is 1. The third-order valence-electron chi connectivity index (χ3n) is 2.92. The molecule has 0 aliphatic carbocycles. The molecule has 1 amide bonds. The van der Waals surface area contributed by atoms with Crippen molar-refractivity contribution in [3.05, 3.63) is 0 Å². The highest BCUT2D eigenvalue weighted by atomic mass is 16.5. The van der Waals surface area contributed by atoms with Crippen LogP contribution in [0.2, 0.25) is 0 Å². The summed E-state index contributed by atoms with van der Waals surface area (Å²) in [5.41, 5.74) is -0.899. The summed E-state index contributed by atoms with van der Waals surface area (Å²) in [5.74, 6) is -0.648. The summed E-state index contributed by atoms with van der Waals surface area (Å²) < 4.78 is 5.23. The summed E-state index contributed by atoms with van der Waals surface area (Å²) in [4.78, 5) is 22.9. The molecule has 19 heavy (non-hydrogen) atoms. The van der Waals surface area contributed by atoms with Gasteiger partial charge in [-0.2, -0.15) is 0 Å². The van der Waals surface area contributed by atoms with E-state index in [-0.39, 0.29) is 18.9 Å². The maximum atomic E-state index is 11.7. The van der Waals surface area contributed by atoms with Gasteiger partial charge in [0.1, 0.15) is 12.2 Å². The molecule has 2 atom stereocenters. The Balaban J connectivity index is 4.19. The van der Waals surface area contributed by atoms with Crippen LogP contribution in [-0.4, -0.2) is 53.9 Å². The van der Waals surface area contributed by atoms with Gasteiger partial charge >= 0.3 is 0 Å². The van der Waals surface area contributed by atoms with Crippen LogP contribution in [-0.2, 0) is 14.3 Å². The number of nitrogens with one attached hydrogen (secondary N) is 1. The van der Waals surface area contributed by atoms with Crippen LogP contribution in [0.15, 0.2) is 0 Å². The van der Waals surface area contributed by atoms with E-state index < -0.39 is 23.5 Å². The zero-order valence-corrected chi connectivity index (χ0v) is 12.1. The second-order valence-electron chi connectivity index (χ2n) is 5.18. The van der Waals surface area contributed by atoms with Gasteiger partial charge in [0, 0.05) is 18.6 Å². The molecule has 0 rings (SSSR count). The van der Waals surface area contributed by atoms with E-state index >= 15 is 0 Å². The Labute approximate surface area is 114 Å². The Morgan fingerprint density at radius 2 is 1.95 bits per heavy atom. The lowest BCUT2D eigenvalue weighted by Crippen LogP contribution is -2.46. The van der Waals surface area contributed by atoms with Gasteiger partial charge in [0.25, 0.3) is 0 Å². The van der Waals surface area contributed by atoms with Crippen LogP contribution in [0.1, 0.15) is 34.1 Å². The van der Waals surface area contributed by atoms with E-state index in [1.54, 1.807) is 20.8 Å². The minimum atomic E-state index is -1.29. The fourth-order valence-electron chi connectivity index (χ4n) is 1.47. The van der Waals surface area contributed by atoms with Crippen LogP contribution >= 0.6 is 0 Å². The molecule has 0 radical (unpaired) electrons. The smallest absolute Gasteiger partial charge is 0.249 e. The quantitative estimate of drug-likeness (QED) is 0.544. The van der Waals surface area contributed by atoms with Gasteiger partial charge in [-0.25, -0.2) is 0 Å². The van der Waals surface area contributed by atoms with Gasteiger partial charge in [-0.3, -0.25) is 9.59 Å². The predicted molar refractivity (Wildman–Crippen MR) is 70.6 cm³/mol. The van der Waals surface area contributed by atoms with E-state index in [0.29, 0.717) is 13.0 Å². The first-order valence-electron chi connectivity index (χ1n) is 6.45. The molecule has 1 unspecified atom stereocenters. The van der Waals surface area contributed by atoms with E-state index in [2.05, 4.69) is 5.32 Å². The third kappa shape index (κ3) is 6.13. The van der Waals surface area contributed by atoms with E-state index in [4.69, 9.17) is 9.84 Å². The average Bonchev–Trinajstić information content (AvgIpc) is 2.36. The number of aliphatic hydroxyl groups excluding tert-OH is 2. The normalized spacial score (nSPS) is 14.8. The van der Waals surface area contributed by atoms with Crippen molar-refractivity contribution in [1.82, 2.24) is 5.32 Å². The summed E-state index contributed by atoms with van der Waals surface area (Å²) >= 11 is 0. The van der Waals surface area contributed by atoms with Gasteiger partial charge in [-0.1, -0.05) is 13.8 Å². The van der Waals surface area contributed by atoms with Gasteiger partial charge in [0.05, 0.1) is 6.61 Å². The molecule has 6 nitrogen and oxygen atoms in total. The van der Waals surface area contributed by atoms with Crippen LogP contribution in [0.5, 0.6) is 0 Å². The lowest BCUT2D eigenvalue weighted by molar-refractivity contribution is -0.137. The molecule has 0 spiro atoms. The fraction of sp³-hybridized carbons (Fsp3) is 0.846. The molecule has 0 aromatic heterocycles. The number of hydrogen-bond acceptors (Lipinski definition) is 5. The highest BCUT2D eigenvalue weighted by Gasteiger charge is 2.32. The highest BCUT2D eigenvalue weighted by Crippen LogP contribution is 2.19. The molecule has 0 aliphatic heterocycles. The highest BCUT2D eigenvalue weighted by molar-refractivity contribution is 5.82. The molecular formula is C13H25NO5. The molecule has 3 N–H and O–H groups in total. The lowest BCUT2D eigenvalue weighted by atomic mass is 9.87. The molecular weight excluding hydrogens is 250 g/mol. The van der Waals surface area contributed by atoms with E-state index in [9.17, 15) is 14.7 Å². The van der Waals surface area contributed by atoms with Crippen LogP contribution < -0.4 is 5.32 Å². The first kappa shape index (κ1) is 18.0. The second-order valence-corrected chi connectivity index (χ2v) is 5.18. The summed E-state index contributed by atoms with van der Waals surface area (Å²) in [6, 6.07) is 0. The summed E-state index contributed by atoms with van der Waals surface area (Å²) in [6.45, 7) is 6.79. The Morgan fingerprint density at radius 1 is 1.37 bits per heavy atom. The van der Waals surface area contributed by atoms with Crippen molar-refractivity contribution in [3.8, 4) is 0 Å². The molecule has 0 aromatic rings. The zero-order valence-electron chi connectivity index (χ0n) is 12.1. The molecule has 0 saturated heterocycles. The maximum absolute atomic E-state index is 11.7. The fourth-order valence-corrected chi connectivity index (χ4v) is 1.47. The summed E-state index contributed by atoms with van der Waals surface area (Å²) in [5, 5.41) is 21.4. The largest absolute Gasteiger partial charge is 0.396 e. The minimum Gasteiger partial charge on any atom is -0.396 e. The van der Waals surface area contributed by atoms with Crippen molar-refractivity contribution in [1.29, 1.82) is 0 Å². The molecule has 0 aromatic carbocycles. The SMILES string of the molecule is CCOC(CCNC(=O)[C@H](O)C(C)(C)CO)C(C)=O. The van der Waals surface area contributed by atoms with Gasteiger partial charge < -0.3 is 20.3 Å². The van der Waals surface area contributed by atoms with Crippen molar-refractivity contribution in [2.45, 2.75) is 46.3 Å². The third-order valence-corrected chi connectivity index (χ3v) is 2.92. The molecule has 6 heteroatoms. The lowest BCUT2D eigenvalue weighted by Gasteiger charge is -2.27. The Kier molecular flexibility index (Phi) is 7.82. The number of aliphatic hydroxyl groups is 2. The van der Waals surface area contributed by atoms with Gasteiger partial charge in [0.2, 0.25) is 5.91 Å². The van der Waals surface area contributed by atoms with E-state index in [1.165, 1.54) is 6.92 Å². The number of ether oxygens (including phenoxy) is 1. The number of carbonyl (C=O) groups is 2. The van der Waals surface area contributed by atoms with Crippen LogP contribution in [0.25, 0.3) is 0 Å². The van der Waals surface area contributed by atoms with Gasteiger partial charge in [-0.05, 0) is 20.3 Å². The molecule has 112 valence electrons. The number of ketones is 1. The number of hydrogen-bond donors (Lipinski definition) is 3. The van der Waals surface area contributed by atoms with E-state index in [0.717, 1.165) is 0 Å². The van der Waals surface area contributed by atoms with Crippen molar-refractivity contribution in [2.24, 2.45) is 5.41 Å². The van der Waals surface area contributed by atoms with Crippen molar-refractivity contribution in [2.75, 3.05) is 19.8 Å². The van der Waals surface area contributed by atoms with Gasteiger partial charge in [0.15, 0.2) is 5.78 Å². The molecule has 0 fully saturated rings. The Bertz CT molecular complexity index is 303. The second kappa shape index (κ2) is 8.24. The Morgan fingerprint density at radius 3 is 2.37 bits per heavy atom. The number of amides is 1. The van der Waals surface area contributed by atoms with Crippen LogP contribution in [0.3, 0.4) is 0 Å². The first-order valence-corrected chi connectivity index (χ1v) is 6.45. The summed E-state index contributed by atoms with van der Waals surface area (Å²) in [6.07, 6.45) is -1.46. The topological polar surface area (TPSA) is 95.9 Å². The predicted octanol–water partition coefficient (Wildman–Crippen LogP) is -0.134. The standard InChI is InChI=1S/C13H25NO5/c1-5-19-10(9(2)16)6-7-14-12(18)11(17)13(3,4)8-15/h10-11,15,17H,5-8H2,1-4H3,(H,14,18)/t10?,11-/m0/s1. The monoisotopic (exact) mass is 275 g/mol. The van der Waals surface area contributed by atoms with Gasteiger partial charge in [-0.15, -0.1) is 0 Å². The minimum absolute atomic E-state index is 0.0904. The average molecular weight is 275 g/mol. The number of carbonyl (C=O) groups excluding carboxylic acids is 2. The van der Waals surface area contributed by atoms with Crippen molar-refractivity contribution >= 4 is 11.7 Å². The summed E-state index contributed by atoms with van der Waals surface area (Å²) in [7, 11) is 0. The first-order chi connectivity index (χ1) is 8.76. The zero-order chi connectivity index (χ0) is 15.1. The molecule has 0 heterocycles. The molecule has 0 saturated carbocycles. The van der Waals surface area contributed by atoms with Crippen molar-refractivity contribution < 1.29 is 24.5 Å². The van der Waals surface area contributed by atoms with Crippen LogP contribution in [0.4, 0.5) is 0 Å². The Hall–Kier alpha value is -0.980. The van der Waals surface area contributed by atoms with E-state index in [1.807, 2.05) is 0 Å². The maximum Gasteiger partial charge on any atom is 0.249 e. The van der Waals surface area contributed by atoms with Crippen LogP contribution in [0, 0.1) is 5.41 Å². The number of rotatable bonds is 9. The molecule has 0 bridgehead atoms. The molecule has 0 aliphatic rings. The van der Waals surface area contributed by atoms with Crippen molar-refractivity contribution in [3.63, 3.8) is 0 Å².